The highest BCUT2D eigenvalue weighted by atomic mass is 16.5. The van der Waals surface area contributed by atoms with Crippen LogP contribution in [0.15, 0.2) is 36.7 Å². The van der Waals surface area contributed by atoms with Gasteiger partial charge in [0.2, 0.25) is 0 Å². The molecule has 0 aliphatic rings. The van der Waals surface area contributed by atoms with Crippen LogP contribution < -0.4 is 10.1 Å². The molecule has 0 bridgehead atoms. The Kier molecular flexibility index (Phi) is 5.30. The zero-order valence-corrected chi connectivity index (χ0v) is 13.0. The van der Waals surface area contributed by atoms with E-state index >= 15 is 0 Å². The molecule has 6 nitrogen and oxygen atoms in total. The van der Waals surface area contributed by atoms with Crippen molar-refractivity contribution in [2.24, 2.45) is 0 Å². The molecular weight excluding hydrogens is 280 g/mol. The van der Waals surface area contributed by atoms with Crippen LogP contribution in [0.2, 0.25) is 0 Å². The Labute approximate surface area is 130 Å². The second-order valence-electron chi connectivity index (χ2n) is 4.59. The van der Waals surface area contributed by atoms with E-state index in [0.29, 0.717) is 30.4 Å². The molecule has 0 atom stereocenters. The molecule has 1 N–H and O–H groups in total. The Morgan fingerprint density at radius 3 is 2.64 bits per heavy atom. The van der Waals surface area contributed by atoms with Gasteiger partial charge in [0.05, 0.1) is 12.8 Å². The molecule has 1 aromatic carbocycles. The Bertz CT molecular complexity index is 642. The summed E-state index contributed by atoms with van der Waals surface area (Å²) in [4.78, 5) is 22.3. The van der Waals surface area contributed by atoms with Gasteiger partial charge >= 0.3 is 0 Å². The highest BCUT2D eigenvalue weighted by molar-refractivity contribution is 5.93. The third kappa shape index (κ3) is 3.52. The van der Waals surface area contributed by atoms with Crippen LogP contribution in [0.3, 0.4) is 0 Å². The summed E-state index contributed by atoms with van der Waals surface area (Å²) >= 11 is 0. The molecule has 1 aromatic heterocycles. The normalized spacial score (nSPS) is 10.1. The molecule has 0 saturated heterocycles. The first-order chi connectivity index (χ1) is 10.7. The van der Waals surface area contributed by atoms with E-state index < -0.39 is 0 Å². The van der Waals surface area contributed by atoms with Crippen LogP contribution in [-0.4, -0.2) is 41.0 Å². The third-order valence-corrected chi connectivity index (χ3v) is 3.31. The number of hydrogen-bond acceptors (Lipinski definition) is 5. The lowest BCUT2D eigenvalue weighted by Crippen LogP contribution is -2.31. The Balaban J connectivity index is 2.23. The van der Waals surface area contributed by atoms with Crippen molar-refractivity contribution in [1.82, 2.24) is 14.9 Å². The highest BCUT2D eigenvalue weighted by Gasteiger charge is 2.15. The summed E-state index contributed by atoms with van der Waals surface area (Å²) in [5, 5.41) is 3.15. The number of carbonyl (C=O) groups excluding carboxylic acids is 1. The van der Waals surface area contributed by atoms with E-state index in [-0.39, 0.29) is 5.91 Å². The van der Waals surface area contributed by atoms with Gasteiger partial charge in [0.1, 0.15) is 23.6 Å². The molecule has 0 fully saturated rings. The van der Waals surface area contributed by atoms with Gasteiger partial charge < -0.3 is 15.0 Å². The van der Waals surface area contributed by atoms with Gasteiger partial charge in [-0.2, -0.15) is 0 Å². The van der Waals surface area contributed by atoms with Crippen LogP contribution >= 0.6 is 0 Å². The standard InChI is InChI=1S/C16H20N4O2/c1-4-20(5-2)16(21)13-10-15(18-11-17-13)19-12-8-6-7-9-14(12)22-3/h6-11H,4-5H2,1-3H3,(H,17,18,19). The van der Waals surface area contributed by atoms with Crippen LogP contribution in [0, 0.1) is 0 Å². The van der Waals surface area contributed by atoms with Gasteiger partial charge in [-0.25, -0.2) is 9.97 Å². The van der Waals surface area contributed by atoms with Gasteiger partial charge in [-0.05, 0) is 26.0 Å². The number of methoxy groups -OCH3 is 1. The number of hydrogen-bond donors (Lipinski definition) is 1. The van der Waals surface area contributed by atoms with E-state index in [4.69, 9.17) is 4.74 Å². The maximum absolute atomic E-state index is 12.3. The molecule has 116 valence electrons. The van der Waals surface area contributed by atoms with E-state index in [2.05, 4.69) is 15.3 Å². The zero-order valence-electron chi connectivity index (χ0n) is 13.0. The van der Waals surface area contributed by atoms with Gasteiger partial charge in [-0.3, -0.25) is 4.79 Å². The molecular formula is C16H20N4O2. The summed E-state index contributed by atoms with van der Waals surface area (Å²) in [7, 11) is 1.61. The fourth-order valence-corrected chi connectivity index (χ4v) is 2.10. The Morgan fingerprint density at radius 1 is 1.23 bits per heavy atom. The number of benzene rings is 1. The predicted octanol–water partition coefficient (Wildman–Crippen LogP) is 2.71. The molecule has 0 unspecified atom stereocenters. The van der Waals surface area contributed by atoms with Crippen molar-refractivity contribution in [2.45, 2.75) is 13.8 Å². The fraction of sp³-hybridized carbons (Fsp3) is 0.312. The summed E-state index contributed by atoms with van der Waals surface area (Å²) in [6.07, 6.45) is 1.38. The average molecular weight is 300 g/mol. The zero-order chi connectivity index (χ0) is 15.9. The molecule has 0 aliphatic heterocycles. The van der Waals surface area contributed by atoms with E-state index in [9.17, 15) is 4.79 Å². The van der Waals surface area contributed by atoms with Crippen molar-refractivity contribution in [1.29, 1.82) is 0 Å². The van der Waals surface area contributed by atoms with Crippen molar-refractivity contribution < 1.29 is 9.53 Å². The lowest BCUT2D eigenvalue weighted by atomic mass is 10.3. The van der Waals surface area contributed by atoms with Crippen LogP contribution in [0.5, 0.6) is 5.75 Å². The maximum atomic E-state index is 12.3. The van der Waals surface area contributed by atoms with E-state index in [1.54, 1.807) is 18.1 Å². The van der Waals surface area contributed by atoms with E-state index in [0.717, 1.165) is 5.69 Å². The molecule has 2 aromatic rings. The van der Waals surface area contributed by atoms with Gasteiger partial charge in [0, 0.05) is 19.2 Å². The van der Waals surface area contributed by atoms with Crippen molar-refractivity contribution in [3.63, 3.8) is 0 Å². The minimum Gasteiger partial charge on any atom is -0.495 e. The lowest BCUT2D eigenvalue weighted by molar-refractivity contribution is 0.0767. The van der Waals surface area contributed by atoms with Gasteiger partial charge in [0.15, 0.2) is 0 Å². The number of anilines is 2. The summed E-state index contributed by atoms with van der Waals surface area (Å²) in [5.41, 5.74) is 1.15. The average Bonchev–Trinajstić information content (AvgIpc) is 2.56. The van der Waals surface area contributed by atoms with Crippen LogP contribution in [-0.2, 0) is 0 Å². The highest BCUT2D eigenvalue weighted by Crippen LogP contribution is 2.26. The smallest absolute Gasteiger partial charge is 0.272 e. The molecule has 2 rings (SSSR count). The largest absolute Gasteiger partial charge is 0.495 e. The summed E-state index contributed by atoms with van der Waals surface area (Å²) in [6, 6.07) is 9.17. The number of amides is 1. The molecule has 0 spiro atoms. The van der Waals surface area contributed by atoms with Crippen LogP contribution in [0.25, 0.3) is 0 Å². The molecule has 22 heavy (non-hydrogen) atoms. The summed E-state index contributed by atoms with van der Waals surface area (Å²) in [5.74, 6) is 1.16. The van der Waals surface area contributed by atoms with Gasteiger partial charge in [-0.1, -0.05) is 12.1 Å². The number of carbonyl (C=O) groups is 1. The predicted molar refractivity (Wildman–Crippen MR) is 85.6 cm³/mol. The number of ether oxygens (including phenoxy) is 1. The number of nitrogens with zero attached hydrogens (tertiary/aromatic N) is 3. The van der Waals surface area contributed by atoms with Gasteiger partial charge in [0.25, 0.3) is 5.91 Å². The maximum Gasteiger partial charge on any atom is 0.272 e. The molecule has 0 aliphatic carbocycles. The molecule has 1 heterocycles. The number of para-hydroxylation sites is 2. The van der Waals surface area contributed by atoms with E-state index in [1.165, 1.54) is 6.33 Å². The molecule has 1 amide bonds. The quantitative estimate of drug-likeness (QED) is 0.888. The third-order valence-electron chi connectivity index (χ3n) is 3.31. The van der Waals surface area contributed by atoms with Crippen LogP contribution in [0.4, 0.5) is 11.5 Å². The molecule has 0 radical (unpaired) electrons. The van der Waals surface area contributed by atoms with E-state index in [1.807, 2.05) is 38.1 Å². The second kappa shape index (κ2) is 7.40. The SMILES string of the molecule is CCN(CC)C(=O)c1cc(Nc2ccccc2OC)ncn1. The monoisotopic (exact) mass is 300 g/mol. The number of rotatable bonds is 6. The Hall–Kier alpha value is -2.63. The first-order valence-electron chi connectivity index (χ1n) is 7.21. The lowest BCUT2D eigenvalue weighted by Gasteiger charge is -2.18. The number of nitrogens with one attached hydrogen (secondary N) is 1. The van der Waals surface area contributed by atoms with Crippen molar-refractivity contribution in [2.75, 3.05) is 25.5 Å². The molecule has 6 heteroatoms. The topological polar surface area (TPSA) is 67.4 Å². The van der Waals surface area contributed by atoms with Crippen LogP contribution in [0.1, 0.15) is 24.3 Å². The number of aromatic nitrogens is 2. The molecule has 0 saturated carbocycles. The minimum absolute atomic E-state index is 0.101. The summed E-state index contributed by atoms with van der Waals surface area (Å²) in [6.45, 7) is 5.18. The second-order valence-corrected chi connectivity index (χ2v) is 4.59. The van der Waals surface area contributed by atoms with Gasteiger partial charge in [-0.15, -0.1) is 0 Å². The Morgan fingerprint density at radius 2 is 1.95 bits per heavy atom. The summed E-state index contributed by atoms with van der Waals surface area (Å²) < 4.78 is 5.29. The van der Waals surface area contributed by atoms with Crippen molar-refractivity contribution >= 4 is 17.4 Å². The first kappa shape index (κ1) is 15.8. The van der Waals surface area contributed by atoms with Crippen molar-refractivity contribution in [3.05, 3.63) is 42.4 Å². The fourth-order valence-electron chi connectivity index (χ4n) is 2.10. The van der Waals surface area contributed by atoms with Crippen molar-refractivity contribution in [3.8, 4) is 5.75 Å². The minimum atomic E-state index is -0.101. The first-order valence-corrected chi connectivity index (χ1v) is 7.21.